The molecule has 0 saturated heterocycles. The lowest BCUT2D eigenvalue weighted by molar-refractivity contribution is 0.182. The van der Waals surface area contributed by atoms with Crippen molar-refractivity contribution < 1.29 is 9.84 Å². The molecular weight excluding hydrogens is 1010 g/mol. The number of aromatic nitrogens is 14. The molecular formula is C43H54Cl3IN14O2Si. The fourth-order valence-electron chi connectivity index (χ4n) is 6.10. The number of halogens is 4. The SMILES string of the molecule is COCCn1nc(-c2ccccc2)nc1CCc1nc2c(C)ncc(C)n2n1.C[Si](C)(C)I.Cc1ncc(C)n2nc(CCc3nc(-c4ccccc4)nn3CCO)nc12.ClC(Cl)Cl. The first-order valence-electron chi connectivity index (χ1n) is 20.6. The summed E-state index contributed by atoms with van der Waals surface area (Å²) < 4.78 is 11.8. The number of alkyl halides is 3. The molecule has 0 unspecified atom stereocenters. The molecule has 0 atom stereocenters. The minimum absolute atomic E-state index is 0.0151. The molecule has 340 valence electrons. The molecule has 0 aliphatic carbocycles. The molecule has 21 heteroatoms. The number of benzene rings is 2. The summed E-state index contributed by atoms with van der Waals surface area (Å²) in [6.07, 6.45) is 6.27. The van der Waals surface area contributed by atoms with E-state index in [1.165, 1.54) is 0 Å². The van der Waals surface area contributed by atoms with E-state index in [9.17, 15) is 5.11 Å². The summed E-state index contributed by atoms with van der Waals surface area (Å²) in [7, 11) is 1.69. The van der Waals surface area contributed by atoms with E-state index in [-0.39, 0.29) is 6.61 Å². The number of aryl methyl sites for hydroxylation is 8. The zero-order valence-electron chi connectivity index (χ0n) is 37.3. The number of hydrogen-bond acceptors (Lipinski definition) is 12. The van der Waals surface area contributed by atoms with Crippen LogP contribution in [0.15, 0.2) is 73.1 Å². The summed E-state index contributed by atoms with van der Waals surface area (Å²) in [5.74, 6) is 4.63. The van der Waals surface area contributed by atoms with Gasteiger partial charge in [-0.25, -0.2) is 38.3 Å². The van der Waals surface area contributed by atoms with Gasteiger partial charge in [0.1, 0.15) is 17.2 Å². The number of aliphatic hydroxyl groups excluding tert-OH is 1. The number of aliphatic hydroxyl groups is 1. The van der Waals surface area contributed by atoms with Crippen molar-refractivity contribution in [3.8, 4) is 22.8 Å². The van der Waals surface area contributed by atoms with E-state index in [4.69, 9.17) is 44.5 Å². The Morgan fingerprint density at radius 2 is 1.02 bits per heavy atom. The molecule has 0 aliphatic heterocycles. The van der Waals surface area contributed by atoms with Crippen molar-refractivity contribution in [3.05, 3.63) is 119 Å². The number of methoxy groups -OCH3 is 1. The van der Waals surface area contributed by atoms with Gasteiger partial charge in [0, 0.05) is 56.3 Å². The van der Waals surface area contributed by atoms with Crippen molar-refractivity contribution >= 4 is 73.5 Å². The number of fused-ring (bicyclic) bond motifs is 2. The van der Waals surface area contributed by atoms with Gasteiger partial charge in [0.2, 0.25) is 0 Å². The summed E-state index contributed by atoms with van der Waals surface area (Å²) in [5, 5.41) is 27.8. The number of hydrogen-bond donors (Lipinski definition) is 1. The lowest BCUT2D eigenvalue weighted by Gasteiger charge is -2.03. The second-order valence-corrected chi connectivity index (χ2v) is 31.2. The van der Waals surface area contributed by atoms with Crippen molar-refractivity contribution in [2.75, 3.05) is 20.3 Å². The van der Waals surface area contributed by atoms with Crippen molar-refractivity contribution in [1.29, 1.82) is 0 Å². The second kappa shape index (κ2) is 24.2. The predicted molar refractivity (Wildman–Crippen MR) is 264 cm³/mol. The van der Waals surface area contributed by atoms with Crippen molar-refractivity contribution in [2.45, 2.75) is 90.4 Å². The Bertz CT molecular complexity index is 2600. The molecule has 0 aliphatic rings. The minimum atomic E-state index is -0.750. The predicted octanol–water partition coefficient (Wildman–Crippen LogP) is 8.45. The molecule has 1 N–H and O–H groups in total. The van der Waals surface area contributed by atoms with Crippen LogP contribution >= 0.6 is 56.6 Å². The first kappa shape index (κ1) is 50.6. The van der Waals surface area contributed by atoms with Crippen molar-refractivity contribution in [3.63, 3.8) is 0 Å². The Hall–Kier alpha value is -4.44. The van der Waals surface area contributed by atoms with Crippen molar-refractivity contribution in [2.24, 2.45) is 0 Å². The van der Waals surface area contributed by atoms with Gasteiger partial charge < -0.3 is 9.84 Å². The maximum atomic E-state index is 9.34. The molecule has 16 nitrogen and oxygen atoms in total. The summed E-state index contributed by atoms with van der Waals surface area (Å²) >= 11 is 16.9. The minimum Gasteiger partial charge on any atom is -0.394 e. The van der Waals surface area contributed by atoms with Crippen LogP contribution in [0.1, 0.15) is 46.1 Å². The van der Waals surface area contributed by atoms with Crippen LogP contribution in [0.3, 0.4) is 0 Å². The molecule has 0 bridgehead atoms. The first-order chi connectivity index (χ1) is 30.5. The van der Waals surface area contributed by atoms with Gasteiger partial charge in [-0.1, -0.05) is 115 Å². The quantitative estimate of drug-likeness (QED) is 0.0505. The maximum Gasteiger partial charge on any atom is 0.181 e. The van der Waals surface area contributed by atoms with Gasteiger partial charge in [-0.15, -0.1) is 21.8 Å². The third-order valence-electron chi connectivity index (χ3n) is 9.03. The average Bonchev–Trinajstić information content (AvgIpc) is 4.07. The molecule has 0 spiro atoms. The number of ether oxygens (including phenoxy) is 1. The Kier molecular flexibility index (Phi) is 19.1. The normalized spacial score (nSPS) is 11.3. The summed E-state index contributed by atoms with van der Waals surface area (Å²) in [6.45, 7) is 16.4. The fraction of sp³-hybridized carbons (Fsp3) is 0.395. The molecule has 0 radical (unpaired) electrons. The van der Waals surface area contributed by atoms with Crippen LogP contribution in [-0.4, -0.2) is 104 Å². The van der Waals surface area contributed by atoms with E-state index in [0.29, 0.717) is 51.2 Å². The Morgan fingerprint density at radius 1 is 0.625 bits per heavy atom. The number of rotatable bonds is 13. The van der Waals surface area contributed by atoms with Crippen LogP contribution in [0, 0.1) is 27.7 Å². The van der Waals surface area contributed by atoms with Gasteiger partial charge in [-0.05, 0) is 27.7 Å². The lowest BCUT2D eigenvalue weighted by Crippen LogP contribution is -2.11. The van der Waals surface area contributed by atoms with E-state index >= 15 is 0 Å². The van der Waals surface area contributed by atoms with Crippen LogP contribution in [0.4, 0.5) is 0 Å². The Morgan fingerprint density at radius 3 is 1.38 bits per heavy atom. The first-order valence-corrected chi connectivity index (χ1v) is 28.5. The largest absolute Gasteiger partial charge is 0.394 e. The zero-order valence-corrected chi connectivity index (χ0v) is 42.7. The van der Waals surface area contributed by atoms with Gasteiger partial charge >= 0.3 is 0 Å². The monoisotopic (exact) mass is 1060 g/mol. The highest BCUT2D eigenvalue weighted by Crippen LogP contribution is 2.19. The van der Waals surface area contributed by atoms with E-state index in [0.717, 1.165) is 74.3 Å². The van der Waals surface area contributed by atoms with Gasteiger partial charge in [0.05, 0.1) is 49.1 Å². The molecule has 0 fully saturated rings. The topological polar surface area (TPSA) is 177 Å². The Balaban J connectivity index is 0.000000203. The average molecular weight is 1060 g/mol. The van der Waals surface area contributed by atoms with Crippen LogP contribution in [0.5, 0.6) is 0 Å². The van der Waals surface area contributed by atoms with Crippen LogP contribution in [0.2, 0.25) is 19.6 Å². The van der Waals surface area contributed by atoms with Gasteiger partial charge in [-0.2, -0.15) is 20.4 Å². The van der Waals surface area contributed by atoms with Crippen molar-refractivity contribution in [1.82, 2.24) is 68.7 Å². The fourth-order valence-corrected chi connectivity index (χ4v) is 6.10. The van der Waals surface area contributed by atoms with E-state index < -0.39 is 9.87 Å². The molecule has 2 aromatic carbocycles. The highest BCUT2D eigenvalue weighted by molar-refractivity contribution is 14.1. The van der Waals surface area contributed by atoms with E-state index in [2.05, 4.69) is 86.8 Å². The van der Waals surface area contributed by atoms with E-state index in [1.54, 1.807) is 18.0 Å². The van der Waals surface area contributed by atoms with E-state index in [1.807, 2.05) is 108 Å². The highest BCUT2D eigenvalue weighted by Gasteiger charge is 2.16. The summed E-state index contributed by atoms with van der Waals surface area (Å²) in [6, 6.07) is 19.8. The molecule has 6 heterocycles. The third kappa shape index (κ3) is 15.1. The number of nitrogens with zero attached hydrogens (tertiary/aromatic N) is 14. The molecule has 8 aromatic rings. The lowest BCUT2D eigenvalue weighted by atomic mass is 10.2. The van der Waals surface area contributed by atoms with Gasteiger partial charge in [0.25, 0.3) is 0 Å². The smallest absolute Gasteiger partial charge is 0.181 e. The third-order valence-corrected chi connectivity index (χ3v) is 9.03. The van der Waals surface area contributed by atoms with Crippen LogP contribution < -0.4 is 0 Å². The standard InChI is InChI=1S/C20H23N7O.C19H21N7O.C3H9ISi.CHCl3/c1-14-13-21-15(2)20-22-17(24-27(14)20)9-10-18-23-19(16-7-5-4-6-8-16)25-26(18)11-12-28-3;1-13-12-20-14(2)19-21-16(23-26(13)19)8-9-17-22-18(24-25(17)10-11-27)15-6-4-3-5-7-15;1-5(2,3)4;2-1(3)4/h4-8,13H,9-12H2,1-3H3;3-7,12,27H,8-11H2,1-2H3;1-3H3;1H. The Labute approximate surface area is 402 Å². The molecule has 0 amide bonds. The zero-order chi connectivity index (χ0) is 46.4. The summed E-state index contributed by atoms with van der Waals surface area (Å²) in [5.41, 5.74) is 6.55. The molecule has 8 rings (SSSR count). The van der Waals surface area contributed by atoms with Crippen LogP contribution in [0.25, 0.3) is 34.1 Å². The van der Waals surface area contributed by atoms with Gasteiger partial charge in [0.15, 0.2) is 38.9 Å². The second-order valence-electron chi connectivity index (χ2n) is 15.4. The molecule has 64 heavy (non-hydrogen) atoms. The van der Waals surface area contributed by atoms with Gasteiger partial charge in [-0.3, -0.25) is 9.97 Å². The maximum absolute atomic E-state index is 9.34. The van der Waals surface area contributed by atoms with Crippen LogP contribution in [-0.2, 0) is 43.5 Å². The summed E-state index contributed by atoms with van der Waals surface area (Å²) in [4.78, 5) is 27.4. The molecule has 0 saturated carbocycles. The highest BCUT2D eigenvalue weighted by atomic mass is 127. The molecule has 6 aromatic heterocycles.